The molecule has 1 N–H and O–H groups in total. The Hall–Kier alpha value is -3.73. The summed E-state index contributed by atoms with van der Waals surface area (Å²) >= 11 is 0. The van der Waals surface area contributed by atoms with E-state index in [4.69, 9.17) is 9.47 Å². The molecule has 1 unspecified atom stereocenters. The third kappa shape index (κ3) is 7.39. The van der Waals surface area contributed by atoms with E-state index in [9.17, 15) is 18.0 Å². The lowest BCUT2D eigenvalue weighted by atomic mass is 10.2. The minimum absolute atomic E-state index is 0.0379. The van der Waals surface area contributed by atoms with Crippen molar-refractivity contribution in [3.63, 3.8) is 0 Å². The Balaban J connectivity index is 1.36. The van der Waals surface area contributed by atoms with E-state index in [1.807, 2.05) is 0 Å². The zero-order valence-electron chi connectivity index (χ0n) is 20.6. The number of nitrogens with one attached hydrogen (secondary N) is 1. The normalized spacial score (nSPS) is 14.8. The van der Waals surface area contributed by atoms with Crippen molar-refractivity contribution in [2.24, 2.45) is 0 Å². The van der Waals surface area contributed by atoms with E-state index in [1.165, 1.54) is 12.8 Å². The molecule has 1 amide bonds. The number of hydrogen-bond donors (Lipinski definition) is 1. The van der Waals surface area contributed by atoms with Crippen molar-refractivity contribution >= 4 is 5.91 Å². The minimum Gasteiger partial charge on any atom is -0.464 e. The van der Waals surface area contributed by atoms with Crippen LogP contribution >= 0.6 is 0 Å². The highest BCUT2D eigenvalue weighted by molar-refractivity contribution is 5.80. The van der Waals surface area contributed by atoms with E-state index in [-0.39, 0.29) is 17.7 Å². The zero-order valence-corrected chi connectivity index (χ0v) is 20.6. The van der Waals surface area contributed by atoms with Crippen LogP contribution in [-0.4, -0.2) is 58.0 Å². The maximum atomic E-state index is 12.7. The van der Waals surface area contributed by atoms with Gasteiger partial charge in [0.05, 0.1) is 5.56 Å². The van der Waals surface area contributed by atoms with Crippen LogP contribution in [0.2, 0.25) is 0 Å². The number of benzene rings is 1. The SMILES string of the molecule is Cc1cc(OC(C)C(=O)NCCN2CCCC2)nc(-c2ccc(Oc3ccc(C(F)(F)F)cn3)cc2)n1. The first-order valence-electron chi connectivity index (χ1n) is 12.0. The molecule has 0 saturated carbocycles. The smallest absolute Gasteiger partial charge is 0.417 e. The largest absolute Gasteiger partial charge is 0.464 e. The number of likely N-dealkylation sites (tertiary alicyclic amines) is 1. The van der Waals surface area contributed by atoms with Crippen molar-refractivity contribution in [3.8, 4) is 28.9 Å². The van der Waals surface area contributed by atoms with Crippen LogP contribution in [0.3, 0.4) is 0 Å². The third-order valence-electron chi connectivity index (χ3n) is 5.82. The van der Waals surface area contributed by atoms with Gasteiger partial charge in [-0.1, -0.05) is 0 Å². The molecule has 8 nitrogen and oxygen atoms in total. The molecular formula is C26H28F3N5O3. The van der Waals surface area contributed by atoms with Crippen LogP contribution in [0.4, 0.5) is 13.2 Å². The predicted molar refractivity (Wildman–Crippen MR) is 130 cm³/mol. The lowest BCUT2D eigenvalue weighted by Crippen LogP contribution is -2.40. The first-order chi connectivity index (χ1) is 17.7. The van der Waals surface area contributed by atoms with Gasteiger partial charge in [0, 0.05) is 42.7 Å². The molecule has 4 rings (SSSR count). The first-order valence-corrected chi connectivity index (χ1v) is 12.0. The number of hydrogen-bond acceptors (Lipinski definition) is 7. The number of alkyl halides is 3. The van der Waals surface area contributed by atoms with Crippen LogP contribution in [0.25, 0.3) is 11.4 Å². The summed E-state index contributed by atoms with van der Waals surface area (Å²) in [5.41, 5.74) is 0.485. The van der Waals surface area contributed by atoms with Gasteiger partial charge in [-0.2, -0.15) is 18.2 Å². The van der Waals surface area contributed by atoms with Crippen molar-refractivity contribution in [1.29, 1.82) is 0 Å². The number of aryl methyl sites for hydroxylation is 1. The summed E-state index contributed by atoms with van der Waals surface area (Å²) in [6, 6.07) is 10.4. The maximum absolute atomic E-state index is 12.7. The van der Waals surface area contributed by atoms with Gasteiger partial charge in [-0.3, -0.25) is 4.79 Å². The Bertz CT molecular complexity index is 1200. The molecule has 3 aromatic rings. The summed E-state index contributed by atoms with van der Waals surface area (Å²) in [5, 5.41) is 2.90. The summed E-state index contributed by atoms with van der Waals surface area (Å²) in [5.74, 6) is 0.889. The summed E-state index contributed by atoms with van der Waals surface area (Å²) in [6.07, 6.45) is -2.06. The molecule has 0 bridgehead atoms. The molecule has 37 heavy (non-hydrogen) atoms. The van der Waals surface area contributed by atoms with Gasteiger partial charge in [-0.05, 0) is 70.1 Å². The van der Waals surface area contributed by atoms with Crippen LogP contribution in [0.15, 0.2) is 48.7 Å². The van der Waals surface area contributed by atoms with Crippen molar-refractivity contribution in [1.82, 2.24) is 25.2 Å². The molecular weight excluding hydrogens is 487 g/mol. The number of halogens is 3. The van der Waals surface area contributed by atoms with Crippen LogP contribution < -0.4 is 14.8 Å². The molecule has 1 aliphatic rings. The van der Waals surface area contributed by atoms with Crippen LogP contribution in [-0.2, 0) is 11.0 Å². The van der Waals surface area contributed by atoms with Crippen LogP contribution in [0, 0.1) is 6.92 Å². The Morgan fingerprint density at radius 2 is 1.81 bits per heavy atom. The van der Waals surface area contributed by atoms with E-state index in [0.717, 1.165) is 38.0 Å². The molecule has 1 aromatic carbocycles. The quantitative estimate of drug-likeness (QED) is 0.444. The van der Waals surface area contributed by atoms with Gasteiger partial charge in [-0.15, -0.1) is 0 Å². The topological polar surface area (TPSA) is 89.5 Å². The predicted octanol–water partition coefficient (Wildman–Crippen LogP) is 4.64. The Morgan fingerprint density at radius 3 is 2.46 bits per heavy atom. The summed E-state index contributed by atoms with van der Waals surface area (Å²) in [6.45, 7) is 7.01. The van der Waals surface area contributed by atoms with Gasteiger partial charge in [0.1, 0.15) is 5.75 Å². The van der Waals surface area contributed by atoms with Crippen molar-refractivity contribution in [3.05, 3.63) is 59.9 Å². The second-order valence-electron chi connectivity index (χ2n) is 8.78. The fourth-order valence-corrected chi connectivity index (χ4v) is 3.85. The maximum Gasteiger partial charge on any atom is 0.417 e. The van der Waals surface area contributed by atoms with Crippen molar-refractivity contribution in [2.75, 3.05) is 26.2 Å². The average molecular weight is 516 g/mol. The molecule has 1 atom stereocenters. The fraction of sp³-hybridized carbons (Fsp3) is 0.385. The van der Waals surface area contributed by atoms with Crippen LogP contribution in [0.5, 0.6) is 17.5 Å². The standard InChI is InChI=1S/C26H28F3N5O3/c1-17-15-23(36-18(2)25(35)30-11-14-34-12-3-4-13-34)33-24(32-17)19-5-8-21(9-6-19)37-22-10-7-20(16-31-22)26(27,28)29/h5-10,15-16,18H,3-4,11-14H2,1-2H3,(H,30,35). The number of carbonyl (C=O) groups excluding carboxylic acids is 1. The highest BCUT2D eigenvalue weighted by atomic mass is 19.4. The van der Waals surface area contributed by atoms with Crippen LogP contribution in [0.1, 0.15) is 31.0 Å². The van der Waals surface area contributed by atoms with E-state index in [2.05, 4.69) is 25.2 Å². The molecule has 1 aliphatic heterocycles. The number of amides is 1. The summed E-state index contributed by atoms with van der Waals surface area (Å²) in [4.78, 5) is 27.3. The number of pyridine rings is 1. The van der Waals surface area contributed by atoms with E-state index in [1.54, 1.807) is 44.2 Å². The molecule has 0 spiro atoms. The third-order valence-corrected chi connectivity index (χ3v) is 5.82. The highest BCUT2D eigenvalue weighted by Crippen LogP contribution is 2.30. The van der Waals surface area contributed by atoms with E-state index in [0.29, 0.717) is 29.4 Å². The molecule has 1 fully saturated rings. The van der Waals surface area contributed by atoms with Crippen molar-refractivity contribution in [2.45, 2.75) is 39.0 Å². The Labute approximate surface area is 212 Å². The summed E-state index contributed by atoms with van der Waals surface area (Å²) < 4.78 is 49.4. The fourth-order valence-electron chi connectivity index (χ4n) is 3.85. The first kappa shape index (κ1) is 26.3. The van der Waals surface area contributed by atoms with Gasteiger partial charge in [0.25, 0.3) is 5.91 Å². The zero-order chi connectivity index (χ0) is 26.4. The van der Waals surface area contributed by atoms with Gasteiger partial charge in [0.15, 0.2) is 11.9 Å². The number of carbonyl (C=O) groups is 1. The van der Waals surface area contributed by atoms with E-state index < -0.39 is 17.8 Å². The number of rotatable bonds is 9. The molecule has 11 heteroatoms. The van der Waals surface area contributed by atoms with Gasteiger partial charge < -0.3 is 19.7 Å². The molecule has 3 heterocycles. The van der Waals surface area contributed by atoms with E-state index >= 15 is 0 Å². The number of ether oxygens (including phenoxy) is 2. The molecule has 1 saturated heterocycles. The van der Waals surface area contributed by atoms with Gasteiger partial charge >= 0.3 is 6.18 Å². The molecule has 2 aromatic heterocycles. The monoisotopic (exact) mass is 515 g/mol. The second-order valence-corrected chi connectivity index (χ2v) is 8.78. The highest BCUT2D eigenvalue weighted by Gasteiger charge is 2.30. The lowest BCUT2D eigenvalue weighted by Gasteiger charge is -2.17. The van der Waals surface area contributed by atoms with Crippen molar-refractivity contribution < 1.29 is 27.4 Å². The Kier molecular flexibility index (Phi) is 8.22. The lowest BCUT2D eigenvalue weighted by molar-refractivity contribution is -0.137. The summed E-state index contributed by atoms with van der Waals surface area (Å²) in [7, 11) is 0. The Morgan fingerprint density at radius 1 is 1.08 bits per heavy atom. The van der Waals surface area contributed by atoms with Gasteiger partial charge in [-0.25, -0.2) is 9.97 Å². The minimum atomic E-state index is -4.46. The average Bonchev–Trinajstić information content (AvgIpc) is 3.37. The number of aromatic nitrogens is 3. The number of nitrogens with zero attached hydrogens (tertiary/aromatic N) is 4. The molecule has 0 radical (unpaired) electrons. The molecule has 0 aliphatic carbocycles. The second kappa shape index (κ2) is 11.5. The van der Waals surface area contributed by atoms with Gasteiger partial charge in [0.2, 0.25) is 11.8 Å². The molecule has 196 valence electrons.